The van der Waals surface area contributed by atoms with Gasteiger partial charge in [0.25, 0.3) is 0 Å². The smallest absolute Gasteiger partial charge is 0.316 e. The van der Waals surface area contributed by atoms with Crippen LogP contribution in [-0.2, 0) is 4.79 Å². The zero-order valence-corrected chi connectivity index (χ0v) is 16.5. The molecule has 0 amide bonds. The molecule has 1 aliphatic heterocycles. The summed E-state index contributed by atoms with van der Waals surface area (Å²) in [5.74, 6) is 1.39. The Bertz CT molecular complexity index is 965. The van der Waals surface area contributed by atoms with Crippen LogP contribution in [0.2, 0.25) is 0 Å². The number of carbonyl (C=O) groups is 2. The molecule has 1 heterocycles. The Labute approximate surface area is 163 Å². The van der Waals surface area contributed by atoms with Gasteiger partial charge in [0.1, 0.15) is 11.5 Å². The second-order valence-electron chi connectivity index (χ2n) is 7.35. The first-order chi connectivity index (χ1) is 13.2. The number of methoxy groups -OCH3 is 2. The minimum Gasteiger partial charge on any atom is -0.497 e. The summed E-state index contributed by atoms with van der Waals surface area (Å²) in [5.41, 5.74) is 0.521. The SMILES string of the molecule is COc1ccc2c(c1)O/C(=C\c1ccc(OC(=O)C(C)(C)C)c(OC)c1)C2=O. The topological polar surface area (TPSA) is 71.1 Å². The van der Waals surface area contributed by atoms with Crippen LogP contribution in [-0.4, -0.2) is 26.0 Å². The lowest BCUT2D eigenvalue weighted by Crippen LogP contribution is -2.25. The van der Waals surface area contributed by atoms with Crippen molar-refractivity contribution in [2.24, 2.45) is 5.41 Å². The summed E-state index contributed by atoms with van der Waals surface area (Å²) in [5, 5.41) is 0. The van der Waals surface area contributed by atoms with Gasteiger partial charge < -0.3 is 18.9 Å². The van der Waals surface area contributed by atoms with E-state index in [4.69, 9.17) is 18.9 Å². The predicted octanol–water partition coefficient (Wildman–Crippen LogP) is 4.27. The van der Waals surface area contributed by atoms with E-state index < -0.39 is 5.41 Å². The summed E-state index contributed by atoms with van der Waals surface area (Å²) in [4.78, 5) is 24.7. The molecule has 0 aliphatic carbocycles. The summed E-state index contributed by atoms with van der Waals surface area (Å²) >= 11 is 0. The normalized spacial score (nSPS) is 14.5. The van der Waals surface area contributed by atoms with Gasteiger partial charge in [-0.25, -0.2) is 0 Å². The van der Waals surface area contributed by atoms with Gasteiger partial charge >= 0.3 is 5.97 Å². The third-order valence-corrected chi connectivity index (χ3v) is 4.18. The number of esters is 1. The van der Waals surface area contributed by atoms with Gasteiger partial charge in [0.15, 0.2) is 17.3 Å². The van der Waals surface area contributed by atoms with Crippen molar-refractivity contribution in [3.63, 3.8) is 0 Å². The molecule has 2 aromatic carbocycles. The van der Waals surface area contributed by atoms with Crippen molar-refractivity contribution >= 4 is 17.8 Å². The van der Waals surface area contributed by atoms with E-state index in [1.807, 2.05) is 0 Å². The highest BCUT2D eigenvalue weighted by atomic mass is 16.6. The number of carbonyl (C=O) groups excluding carboxylic acids is 2. The molecule has 0 saturated heterocycles. The van der Waals surface area contributed by atoms with Crippen LogP contribution >= 0.6 is 0 Å². The Morgan fingerprint density at radius 1 is 1.00 bits per heavy atom. The number of rotatable bonds is 4. The third kappa shape index (κ3) is 3.86. The minimum atomic E-state index is -0.636. The molecule has 0 spiro atoms. The van der Waals surface area contributed by atoms with Gasteiger partial charge in [-0.05, 0) is 56.7 Å². The standard InChI is InChI=1S/C22H22O6/c1-22(2,3)21(24)28-16-9-6-13(10-18(16)26-5)11-19-20(23)15-8-7-14(25-4)12-17(15)27-19/h6-12H,1-5H3/b19-11-. The van der Waals surface area contributed by atoms with E-state index in [1.165, 1.54) is 7.11 Å². The lowest BCUT2D eigenvalue weighted by Gasteiger charge is -2.17. The fourth-order valence-electron chi connectivity index (χ4n) is 2.56. The Morgan fingerprint density at radius 2 is 1.75 bits per heavy atom. The first-order valence-corrected chi connectivity index (χ1v) is 8.75. The van der Waals surface area contributed by atoms with Crippen LogP contribution in [0.15, 0.2) is 42.2 Å². The summed E-state index contributed by atoms with van der Waals surface area (Å²) in [6.45, 7) is 5.32. The average Bonchev–Trinajstić information content (AvgIpc) is 2.96. The van der Waals surface area contributed by atoms with Gasteiger partial charge in [-0.1, -0.05) is 6.07 Å². The molecule has 2 aromatic rings. The maximum atomic E-state index is 12.5. The number of allylic oxidation sites excluding steroid dienone is 1. The van der Waals surface area contributed by atoms with E-state index in [0.29, 0.717) is 34.1 Å². The number of benzene rings is 2. The van der Waals surface area contributed by atoms with Crippen LogP contribution in [0.4, 0.5) is 0 Å². The van der Waals surface area contributed by atoms with Gasteiger partial charge in [0, 0.05) is 6.07 Å². The lowest BCUT2D eigenvalue weighted by atomic mass is 9.97. The zero-order chi connectivity index (χ0) is 20.5. The van der Waals surface area contributed by atoms with Crippen LogP contribution in [0, 0.1) is 5.41 Å². The molecular weight excluding hydrogens is 360 g/mol. The van der Waals surface area contributed by atoms with Crippen LogP contribution in [0.1, 0.15) is 36.7 Å². The Kier molecular flexibility index (Phi) is 5.14. The number of ether oxygens (including phenoxy) is 4. The highest BCUT2D eigenvalue weighted by Gasteiger charge is 2.28. The van der Waals surface area contributed by atoms with Crippen molar-refractivity contribution in [3.8, 4) is 23.0 Å². The molecule has 146 valence electrons. The first kappa shape index (κ1) is 19.5. The maximum Gasteiger partial charge on any atom is 0.316 e. The number of hydrogen-bond donors (Lipinski definition) is 0. The fraction of sp³-hybridized carbons (Fsp3) is 0.273. The number of Topliss-reactive ketones (excluding diaryl/α,β-unsaturated/α-hetero) is 1. The largest absolute Gasteiger partial charge is 0.497 e. The Balaban J connectivity index is 1.87. The second kappa shape index (κ2) is 7.38. The molecule has 0 radical (unpaired) electrons. The molecule has 6 nitrogen and oxygen atoms in total. The van der Waals surface area contributed by atoms with E-state index in [1.54, 1.807) is 70.4 Å². The van der Waals surface area contributed by atoms with Crippen molar-refractivity contribution in [1.82, 2.24) is 0 Å². The number of fused-ring (bicyclic) bond motifs is 1. The highest BCUT2D eigenvalue weighted by molar-refractivity contribution is 6.14. The molecule has 0 unspecified atom stereocenters. The number of ketones is 1. The molecule has 3 rings (SSSR count). The Morgan fingerprint density at radius 3 is 2.39 bits per heavy atom. The van der Waals surface area contributed by atoms with Crippen LogP contribution in [0.3, 0.4) is 0 Å². The minimum absolute atomic E-state index is 0.199. The second-order valence-corrected chi connectivity index (χ2v) is 7.35. The van der Waals surface area contributed by atoms with Crippen molar-refractivity contribution in [2.45, 2.75) is 20.8 Å². The van der Waals surface area contributed by atoms with Gasteiger partial charge in [-0.3, -0.25) is 9.59 Å². The zero-order valence-electron chi connectivity index (χ0n) is 16.5. The first-order valence-electron chi connectivity index (χ1n) is 8.75. The molecule has 0 saturated carbocycles. The fourth-order valence-corrected chi connectivity index (χ4v) is 2.56. The number of hydrogen-bond acceptors (Lipinski definition) is 6. The van der Waals surface area contributed by atoms with E-state index in [2.05, 4.69) is 0 Å². The van der Waals surface area contributed by atoms with Crippen molar-refractivity contribution in [2.75, 3.05) is 14.2 Å². The average molecular weight is 382 g/mol. The molecule has 0 N–H and O–H groups in total. The summed E-state index contributed by atoms with van der Waals surface area (Å²) in [7, 11) is 3.04. The molecular formula is C22H22O6. The van der Waals surface area contributed by atoms with Crippen LogP contribution in [0.25, 0.3) is 6.08 Å². The van der Waals surface area contributed by atoms with E-state index in [9.17, 15) is 9.59 Å². The molecule has 0 atom stereocenters. The monoisotopic (exact) mass is 382 g/mol. The summed E-state index contributed by atoms with van der Waals surface area (Å²) in [6.07, 6.45) is 1.62. The van der Waals surface area contributed by atoms with Crippen molar-refractivity contribution in [3.05, 3.63) is 53.3 Å². The van der Waals surface area contributed by atoms with E-state index >= 15 is 0 Å². The third-order valence-electron chi connectivity index (χ3n) is 4.18. The van der Waals surface area contributed by atoms with Crippen molar-refractivity contribution in [1.29, 1.82) is 0 Å². The lowest BCUT2D eigenvalue weighted by molar-refractivity contribution is -0.143. The van der Waals surface area contributed by atoms with Gasteiger partial charge in [-0.15, -0.1) is 0 Å². The highest BCUT2D eigenvalue weighted by Crippen LogP contribution is 2.36. The van der Waals surface area contributed by atoms with Gasteiger partial charge in [0.05, 0.1) is 25.2 Å². The van der Waals surface area contributed by atoms with Crippen molar-refractivity contribution < 1.29 is 28.5 Å². The van der Waals surface area contributed by atoms with Crippen LogP contribution in [0.5, 0.6) is 23.0 Å². The Hall–Kier alpha value is -3.28. The quantitative estimate of drug-likeness (QED) is 0.447. The summed E-state index contributed by atoms with van der Waals surface area (Å²) < 4.78 is 21.6. The molecule has 1 aliphatic rings. The molecule has 0 aromatic heterocycles. The van der Waals surface area contributed by atoms with Gasteiger partial charge in [-0.2, -0.15) is 0 Å². The van der Waals surface area contributed by atoms with Gasteiger partial charge in [0.2, 0.25) is 5.78 Å². The van der Waals surface area contributed by atoms with E-state index in [0.717, 1.165) is 0 Å². The molecule has 6 heteroatoms. The summed E-state index contributed by atoms with van der Waals surface area (Å²) in [6, 6.07) is 10.1. The molecule has 28 heavy (non-hydrogen) atoms. The predicted molar refractivity (Wildman–Crippen MR) is 104 cm³/mol. The van der Waals surface area contributed by atoms with E-state index in [-0.39, 0.29) is 17.5 Å². The maximum absolute atomic E-state index is 12.5. The van der Waals surface area contributed by atoms with Crippen LogP contribution < -0.4 is 18.9 Å². The molecule has 0 bridgehead atoms. The molecule has 0 fully saturated rings.